The topological polar surface area (TPSA) is 36.4 Å². The largest absolute Gasteiger partial charge is 0.308 e. The molecule has 0 spiro atoms. The normalized spacial score (nSPS) is 10.9. The Morgan fingerprint density at radius 3 is 2.39 bits per heavy atom. The number of anilines is 1. The van der Waals surface area contributed by atoms with Crippen LogP contribution in [0.25, 0.3) is 10.2 Å². The molecule has 4 nitrogen and oxygen atoms in total. The van der Waals surface area contributed by atoms with Crippen LogP contribution in [-0.2, 0) is 11.2 Å². The lowest BCUT2D eigenvalue weighted by molar-refractivity contribution is -0.118. The van der Waals surface area contributed by atoms with Crippen molar-refractivity contribution >= 4 is 68.2 Å². The van der Waals surface area contributed by atoms with E-state index in [-0.39, 0.29) is 18.3 Å². The van der Waals surface area contributed by atoms with Crippen molar-refractivity contribution in [2.75, 3.05) is 32.1 Å². The number of carbonyl (C=O) groups excluding carboxylic acids is 1. The SMILES string of the molecule is Cc1cc(Cl)cc2sc(N(CCN(C)C)C(=O)Cc3ccc(Cl)cc3)nc12.Cl. The van der Waals surface area contributed by atoms with E-state index in [4.69, 9.17) is 28.2 Å². The fourth-order valence-electron chi connectivity index (χ4n) is 2.76. The summed E-state index contributed by atoms with van der Waals surface area (Å²) in [6.45, 7) is 3.31. The molecule has 0 saturated heterocycles. The number of amides is 1. The molecule has 1 aromatic heterocycles. The van der Waals surface area contributed by atoms with E-state index in [9.17, 15) is 4.79 Å². The van der Waals surface area contributed by atoms with Crippen LogP contribution in [-0.4, -0.2) is 43.0 Å². The summed E-state index contributed by atoms with van der Waals surface area (Å²) < 4.78 is 0.990. The third kappa shape index (κ3) is 5.58. The number of carbonyl (C=O) groups is 1. The second-order valence-electron chi connectivity index (χ2n) is 6.72. The monoisotopic (exact) mass is 457 g/mol. The maximum absolute atomic E-state index is 13.1. The summed E-state index contributed by atoms with van der Waals surface area (Å²) in [4.78, 5) is 21.6. The molecule has 0 bridgehead atoms. The minimum absolute atomic E-state index is 0. The van der Waals surface area contributed by atoms with Crippen LogP contribution in [0.1, 0.15) is 11.1 Å². The van der Waals surface area contributed by atoms with Gasteiger partial charge in [-0.05, 0) is 56.4 Å². The van der Waals surface area contributed by atoms with Crippen LogP contribution < -0.4 is 4.90 Å². The number of hydrogen-bond acceptors (Lipinski definition) is 4. The van der Waals surface area contributed by atoms with Gasteiger partial charge in [-0.25, -0.2) is 4.98 Å². The van der Waals surface area contributed by atoms with Crippen LogP contribution in [0.4, 0.5) is 5.13 Å². The van der Waals surface area contributed by atoms with E-state index in [2.05, 4.69) is 4.90 Å². The molecule has 0 aliphatic rings. The number of hydrogen-bond donors (Lipinski definition) is 0. The molecule has 150 valence electrons. The van der Waals surface area contributed by atoms with Gasteiger partial charge in [0.15, 0.2) is 5.13 Å². The van der Waals surface area contributed by atoms with Gasteiger partial charge >= 0.3 is 0 Å². The zero-order valence-electron chi connectivity index (χ0n) is 15.9. The van der Waals surface area contributed by atoms with Crippen molar-refractivity contribution in [3.8, 4) is 0 Å². The smallest absolute Gasteiger partial charge is 0.233 e. The van der Waals surface area contributed by atoms with E-state index in [1.165, 1.54) is 11.3 Å². The summed E-state index contributed by atoms with van der Waals surface area (Å²) in [7, 11) is 3.98. The quantitative estimate of drug-likeness (QED) is 0.491. The van der Waals surface area contributed by atoms with Gasteiger partial charge in [0.25, 0.3) is 0 Å². The molecule has 1 heterocycles. The first-order chi connectivity index (χ1) is 12.8. The van der Waals surface area contributed by atoms with E-state index in [0.29, 0.717) is 28.1 Å². The molecule has 0 N–H and O–H groups in total. The highest BCUT2D eigenvalue weighted by molar-refractivity contribution is 7.22. The molecule has 0 aliphatic heterocycles. The number of thiazole rings is 1. The number of aryl methyl sites for hydroxylation is 1. The maximum atomic E-state index is 13.1. The van der Waals surface area contributed by atoms with Crippen LogP contribution >= 0.6 is 46.9 Å². The van der Waals surface area contributed by atoms with Crippen LogP contribution in [0.15, 0.2) is 36.4 Å². The molecule has 2 aromatic carbocycles. The number of benzene rings is 2. The average molecular weight is 459 g/mol. The van der Waals surface area contributed by atoms with Gasteiger partial charge in [0.2, 0.25) is 5.91 Å². The molecule has 0 unspecified atom stereocenters. The molecule has 3 rings (SSSR count). The van der Waals surface area contributed by atoms with Crippen molar-refractivity contribution in [3.05, 3.63) is 57.6 Å². The Morgan fingerprint density at radius 2 is 1.75 bits per heavy atom. The minimum Gasteiger partial charge on any atom is -0.308 e. The molecular formula is C20H22Cl3N3OS. The molecule has 0 fully saturated rings. The summed E-state index contributed by atoms with van der Waals surface area (Å²) >= 11 is 13.6. The second kappa shape index (κ2) is 9.90. The van der Waals surface area contributed by atoms with Gasteiger partial charge in [-0.3, -0.25) is 9.69 Å². The fraction of sp³-hybridized carbons (Fsp3) is 0.300. The summed E-state index contributed by atoms with van der Waals surface area (Å²) in [6, 6.07) is 11.2. The lowest BCUT2D eigenvalue weighted by Crippen LogP contribution is -2.37. The van der Waals surface area contributed by atoms with E-state index < -0.39 is 0 Å². The summed E-state index contributed by atoms with van der Waals surface area (Å²) in [5.41, 5.74) is 2.84. The first-order valence-corrected chi connectivity index (χ1v) is 10.2. The number of rotatable bonds is 6. The molecule has 0 aliphatic carbocycles. The standard InChI is InChI=1S/C20H21Cl2N3OS.ClH/c1-13-10-16(22)12-17-19(13)23-20(27-17)25(9-8-24(2)3)18(26)11-14-4-6-15(21)7-5-14;/h4-7,10,12H,8-9,11H2,1-3H3;1H. The van der Waals surface area contributed by atoms with Gasteiger partial charge in [0, 0.05) is 23.1 Å². The Hall–Kier alpha value is -1.37. The van der Waals surface area contributed by atoms with Crippen LogP contribution in [0.2, 0.25) is 10.0 Å². The van der Waals surface area contributed by atoms with E-state index >= 15 is 0 Å². The van der Waals surface area contributed by atoms with Crippen molar-refractivity contribution < 1.29 is 4.79 Å². The van der Waals surface area contributed by atoms with Gasteiger partial charge in [0.05, 0.1) is 16.6 Å². The molecule has 1 amide bonds. The Labute approximate surface area is 185 Å². The van der Waals surface area contributed by atoms with Gasteiger partial charge in [-0.1, -0.05) is 46.7 Å². The lowest BCUT2D eigenvalue weighted by atomic mass is 10.1. The molecule has 28 heavy (non-hydrogen) atoms. The van der Waals surface area contributed by atoms with E-state index in [1.807, 2.05) is 45.3 Å². The van der Waals surface area contributed by atoms with Gasteiger partial charge in [-0.15, -0.1) is 12.4 Å². The van der Waals surface area contributed by atoms with E-state index in [1.54, 1.807) is 17.0 Å². The molecule has 0 atom stereocenters. The lowest BCUT2D eigenvalue weighted by Gasteiger charge is -2.22. The average Bonchev–Trinajstić information content (AvgIpc) is 3.00. The third-order valence-corrected chi connectivity index (χ3v) is 5.71. The Balaban J connectivity index is 0.00000280. The van der Waals surface area contributed by atoms with Crippen molar-refractivity contribution in [1.29, 1.82) is 0 Å². The Bertz CT molecular complexity index is 957. The number of fused-ring (bicyclic) bond motifs is 1. The Morgan fingerprint density at radius 1 is 1.07 bits per heavy atom. The highest BCUT2D eigenvalue weighted by Crippen LogP contribution is 2.33. The van der Waals surface area contributed by atoms with Gasteiger partial charge < -0.3 is 4.90 Å². The molecular weight excluding hydrogens is 437 g/mol. The number of likely N-dealkylation sites (N-methyl/N-ethyl adjacent to an activating group) is 1. The maximum Gasteiger partial charge on any atom is 0.233 e. The van der Waals surface area contributed by atoms with Gasteiger partial charge in [0.1, 0.15) is 0 Å². The minimum atomic E-state index is 0. The first kappa shape index (κ1) is 22.9. The number of halogens is 3. The first-order valence-electron chi connectivity index (χ1n) is 8.59. The highest BCUT2D eigenvalue weighted by atomic mass is 35.5. The molecule has 8 heteroatoms. The second-order valence-corrected chi connectivity index (χ2v) is 8.60. The zero-order valence-corrected chi connectivity index (χ0v) is 19.1. The van der Waals surface area contributed by atoms with Crippen LogP contribution in [0.3, 0.4) is 0 Å². The Kier molecular flexibility index (Phi) is 8.10. The number of aromatic nitrogens is 1. The van der Waals surface area contributed by atoms with E-state index in [0.717, 1.165) is 27.9 Å². The predicted octanol–water partition coefficient (Wildman–Crippen LogP) is 5.47. The van der Waals surface area contributed by atoms with Crippen LogP contribution in [0.5, 0.6) is 0 Å². The summed E-state index contributed by atoms with van der Waals surface area (Å²) in [6.07, 6.45) is 0.306. The van der Waals surface area contributed by atoms with Crippen LogP contribution in [0, 0.1) is 6.92 Å². The van der Waals surface area contributed by atoms with Gasteiger partial charge in [-0.2, -0.15) is 0 Å². The highest BCUT2D eigenvalue weighted by Gasteiger charge is 2.21. The van der Waals surface area contributed by atoms with Crippen molar-refractivity contribution in [2.24, 2.45) is 0 Å². The molecule has 0 saturated carbocycles. The van der Waals surface area contributed by atoms with Crippen molar-refractivity contribution in [3.63, 3.8) is 0 Å². The summed E-state index contributed by atoms with van der Waals surface area (Å²) in [5, 5.41) is 2.05. The fourth-order valence-corrected chi connectivity index (χ4v) is 4.35. The van der Waals surface area contributed by atoms with Crippen molar-refractivity contribution in [1.82, 2.24) is 9.88 Å². The third-order valence-electron chi connectivity index (χ3n) is 4.21. The predicted molar refractivity (Wildman–Crippen MR) is 123 cm³/mol. The number of nitrogens with zero attached hydrogens (tertiary/aromatic N) is 3. The molecule has 3 aromatic rings. The molecule has 0 radical (unpaired) electrons. The zero-order chi connectivity index (χ0) is 19.6. The van der Waals surface area contributed by atoms with Crippen molar-refractivity contribution in [2.45, 2.75) is 13.3 Å². The summed E-state index contributed by atoms with van der Waals surface area (Å²) in [5.74, 6) is 0.0157.